The summed E-state index contributed by atoms with van der Waals surface area (Å²) >= 11 is 0. The van der Waals surface area contributed by atoms with Crippen LogP contribution in [-0.2, 0) is 33.9 Å². The monoisotopic (exact) mass is 535 g/mol. The average molecular weight is 536 g/mol. The molecular weight excluding hydrogens is 509 g/mol. The number of aromatic nitrogens is 2. The quantitative estimate of drug-likeness (QED) is 0.227. The Kier molecular flexibility index (Phi) is 5.11. The number of fused-ring (bicyclic) bond motifs is 5. The van der Waals surface area contributed by atoms with Crippen molar-refractivity contribution in [1.29, 1.82) is 0 Å². The maximum Gasteiger partial charge on any atom is 0.340 e. The summed E-state index contributed by atoms with van der Waals surface area (Å²) in [4.78, 5) is 43.2. The van der Waals surface area contributed by atoms with Gasteiger partial charge in [0.2, 0.25) is 5.79 Å². The Bertz CT molecular complexity index is 1690. The number of nitrogens with one attached hydrogen (secondary N) is 1. The van der Waals surface area contributed by atoms with E-state index < -0.39 is 41.2 Å². The Balaban J connectivity index is 1.41. The second-order valence-electron chi connectivity index (χ2n) is 11.1. The molecule has 0 radical (unpaired) electrons. The van der Waals surface area contributed by atoms with E-state index in [-0.39, 0.29) is 36.6 Å². The van der Waals surface area contributed by atoms with Gasteiger partial charge in [-0.25, -0.2) is 14.2 Å². The summed E-state index contributed by atoms with van der Waals surface area (Å²) in [6.07, 6.45) is 0.861. The van der Waals surface area contributed by atoms with Crippen molar-refractivity contribution in [1.82, 2.24) is 14.9 Å². The molecule has 2 aliphatic carbocycles. The summed E-state index contributed by atoms with van der Waals surface area (Å²) in [6.45, 7) is 1.53. The molecule has 1 amide bonds. The Morgan fingerprint density at radius 3 is 2.72 bits per heavy atom. The highest BCUT2D eigenvalue weighted by molar-refractivity contribution is 5.94. The van der Waals surface area contributed by atoms with Crippen LogP contribution in [-0.4, -0.2) is 42.5 Å². The van der Waals surface area contributed by atoms with Gasteiger partial charge in [0.1, 0.15) is 12.4 Å². The SMILES string of the molecule is Cc1c(F)cc2nc3c(c4c2c1CCC4NC(=O)C(O)(O)CC1CC1)Cn1c-3cc2c(c1=O)COC(=O)C2O. The van der Waals surface area contributed by atoms with Gasteiger partial charge in [-0.3, -0.25) is 9.59 Å². The molecule has 1 saturated carbocycles. The molecule has 202 valence electrons. The molecule has 3 aromatic rings. The van der Waals surface area contributed by atoms with Gasteiger partial charge in [0, 0.05) is 29.0 Å². The van der Waals surface area contributed by atoms with Crippen molar-refractivity contribution >= 4 is 22.8 Å². The van der Waals surface area contributed by atoms with Crippen molar-refractivity contribution in [2.75, 3.05) is 0 Å². The van der Waals surface area contributed by atoms with Crippen molar-refractivity contribution in [2.24, 2.45) is 5.92 Å². The largest absolute Gasteiger partial charge is 0.458 e. The first-order valence-electron chi connectivity index (χ1n) is 13.1. The summed E-state index contributed by atoms with van der Waals surface area (Å²) in [5.74, 6) is -4.59. The number of ether oxygens (including phenoxy) is 1. The molecule has 1 aromatic carbocycles. The number of aliphatic hydroxyl groups is 3. The van der Waals surface area contributed by atoms with Crippen LogP contribution in [0.15, 0.2) is 16.9 Å². The normalized spacial score (nSPS) is 21.3. The van der Waals surface area contributed by atoms with Crippen molar-refractivity contribution in [2.45, 2.75) is 70.1 Å². The molecular formula is C28H26FN3O7. The molecule has 4 N–H and O–H groups in total. The highest BCUT2D eigenvalue weighted by Gasteiger charge is 2.42. The Morgan fingerprint density at radius 2 is 1.97 bits per heavy atom. The van der Waals surface area contributed by atoms with Gasteiger partial charge in [-0.1, -0.05) is 0 Å². The van der Waals surface area contributed by atoms with E-state index in [2.05, 4.69) is 5.32 Å². The number of pyridine rings is 2. The highest BCUT2D eigenvalue weighted by Crippen LogP contribution is 2.45. The number of hydrogen-bond donors (Lipinski definition) is 4. The van der Waals surface area contributed by atoms with Crippen LogP contribution < -0.4 is 10.9 Å². The van der Waals surface area contributed by atoms with Crippen molar-refractivity contribution in [3.63, 3.8) is 0 Å². The van der Waals surface area contributed by atoms with Gasteiger partial charge in [0.25, 0.3) is 11.5 Å². The minimum Gasteiger partial charge on any atom is -0.458 e. The first-order valence-corrected chi connectivity index (χ1v) is 13.1. The van der Waals surface area contributed by atoms with Crippen LogP contribution in [0.5, 0.6) is 0 Å². The van der Waals surface area contributed by atoms with Gasteiger partial charge < -0.3 is 29.9 Å². The zero-order chi connectivity index (χ0) is 27.4. The second-order valence-corrected chi connectivity index (χ2v) is 11.1. The van der Waals surface area contributed by atoms with Gasteiger partial charge in [0.15, 0.2) is 6.10 Å². The summed E-state index contributed by atoms with van der Waals surface area (Å²) in [5.41, 5.74) is 3.52. The number of carbonyl (C=O) groups is 2. The Hall–Kier alpha value is -3.67. The van der Waals surface area contributed by atoms with Gasteiger partial charge in [-0.15, -0.1) is 0 Å². The topological polar surface area (TPSA) is 151 Å². The lowest BCUT2D eigenvalue weighted by molar-refractivity contribution is -0.189. The Morgan fingerprint density at radius 1 is 1.21 bits per heavy atom. The molecule has 4 heterocycles. The number of carbonyl (C=O) groups excluding carboxylic acids is 2. The number of amides is 1. The van der Waals surface area contributed by atoms with Crippen LogP contribution >= 0.6 is 0 Å². The predicted octanol–water partition coefficient (Wildman–Crippen LogP) is 1.55. The van der Waals surface area contributed by atoms with Crippen LogP contribution in [0.3, 0.4) is 0 Å². The van der Waals surface area contributed by atoms with E-state index in [9.17, 15) is 34.1 Å². The van der Waals surface area contributed by atoms with E-state index in [1.807, 2.05) is 0 Å². The third kappa shape index (κ3) is 3.56. The molecule has 2 unspecified atom stereocenters. The molecule has 1 fully saturated rings. The lowest BCUT2D eigenvalue weighted by atomic mass is 9.81. The minimum atomic E-state index is -2.52. The molecule has 0 bridgehead atoms. The maximum atomic E-state index is 15.0. The van der Waals surface area contributed by atoms with Crippen LogP contribution in [0.4, 0.5) is 4.39 Å². The number of aliphatic hydroxyl groups excluding tert-OH is 1. The molecule has 2 atom stereocenters. The molecule has 39 heavy (non-hydrogen) atoms. The fourth-order valence-corrected chi connectivity index (χ4v) is 6.34. The summed E-state index contributed by atoms with van der Waals surface area (Å²) in [7, 11) is 0. The number of cyclic esters (lactones) is 1. The van der Waals surface area contributed by atoms with Gasteiger partial charge in [-0.05, 0) is 61.3 Å². The van der Waals surface area contributed by atoms with Crippen LogP contribution in [0, 0.1) is 18.7 Å². The van der Waals surface area contributed by atoms with Crippen LogP contribution in [0.1, 0.15) is 71.2 Å². The number of esters is 1. The number of rotatable bonds is 4. The number of hydrogen-bond acceptors (Lipinski definition) is 8. The molecule has 0 spiro atoms. The number of aryl methyl sites for hydroxylation is 1. The summed E-state index contributed by atoms with van der Waals surface area (Å²) in [5, 5.41) is 34.9. The second kappa shape index (κ2) is 8.17. The summed E-state index contributed by atoms with van der Waals surface area (Å²) < 4.78 is 21.4. The third-order valence-corrected chi connectivity index (χ3v) is 8.59. The molecule has 2 aromatic heterocycles. The minimum absolute atomic E-state index is 0.0498. The van der Waals surface area contributed by atoms with E-state index in [1.165, 1.54) is 10.6 Å². The van der Waals surface area contributed by atoms with E-state index in [4.69, 9.17) is 9.72 Å². The fraction of sp³-hybridized carbons (Fsp3) is 0.429. The highest BCUT2D eigenvalue weighted by atomic mass is 19.1. The predicted molar refractivity (Wildman–Crippen MR) is 134 cm³/mol. The van der Waals surface area contributed by atoms with Crippen molar-refractivity contribution in [3.05, 3.63) is 61.7 Å². The fourth-order valence-electron chi connectivity index (χ4n) is 6.34. The van der Waals surface area contributed by atoms with Gasteiger partial charge in [-0.2, -0.15) is 0 Å². The number of benzene rings is 1. The van der Waals surface area contributed by atoms with E-state index in [0.717, 1.165) is 18.4 Å². The molecule has 11 heteroatoms. The number of nitrogens with zero attached hydrogens (tertiary/aromatic N) is 2. The van der Waals surface area contributed by atoms with E-state index in [0.29, 0.717) is 51.8 Å². The van der Waals surface area contributed by atoms with Gasteiger partial charge in [0.05, 0.1) is 35.1 Å². The maximum absolute atomic E-state index is 15.0. The van der Waals surface area contributed by atoms with Gasteiger partial charge >= 0.3 is 5.97 Å². The average Bonchev–Trinajstić information content (AvgIpc) is 3.63. The Labute approximate surface area is 221 Å². The molecule has 2 aliphatic heterocycles. The van der Waals surface area contributed by atoms with Crippen LogP contribution in [0.2, 0.25) is 0 Å². The smallest absolute Gasteiger partial charge is 0.340 e. The number of halogens is 1. The first-order chi connectivity index (χ1) is 18.5. The lowest BCUT2D eigenvalue weighted by Crippen LogP contribution is -2.48. The van der Waals surface area contributed by atoms with E-state index >= 15 is 0 Å². The first kappa shape index (κ1) is 24.4. The zero-order valence-corrected chi connectivity index (χ0v) is 21.1. The van der Waals surface area contributed by atoms with Crippen molar-refractivity contribution < 1.29 is 34.0 Å². The van der Waals surface area contributed by atoms with Crippen molar-refractivity contribution in [3.8, 4) is 11.4 Å². The van der Waals surface area contributed by atoms with E-state index in [1.54, 1.807) is 13.0 Å². The zero-order valence-electron chi connectivity index (χ0n) is 21.1. The molecule has 0 saturated heterocycles. The molecule has 7 rings (SSSR count). The van der Waals surface area contributed by atoms with Crippen LogP contribution in [0.25, 0.3) is 22.3 Å². The molecule has 10 nitrogen and oxygen atoms in total. The molecule has 4 aliphatic rings. The lowest BCUT2D eigenvalue weighted by Gasteiger charge is -2.31. The standard InChI is InChI=1S/C28H26FN3O7/c1-11-13-4-5-18(31-27(36)28(37,38)8-12-2-3-12)22-15-9-32-20(23(15)30-19(21(13)22)7-17(11)29)6-14-16(25(32)34)10-39-26(35)24(14)33/h6-7,12,18,24,33,37-38H,2-5,8-10H2,1H3,(H,31,36). The third-order valence-electron chi connectivity index (χ3n) is 8.59. The summed E-state index contributed by atoms with van der Waals surface area (Å²) in [6, 6.07) is 2.23.